The minimum absolute atomic E-state index is 0.190. The standard InChI is InChI=1S/C12H17BrN2OS/c1-15(12(16)9-2-4-14-7-9)5-3-11-6-10(13)8-17-11/h6,8-9,14H,2-5,7H2,1H3. The van der Waals surface area contributed by atoms with Gasteiger partial charge in [0.2, 0.25) is 5.91 Å². The van der Waals surface area contributed by atoms with Crippen LogP contribution in [-0.2, 0) is 11.2 Å². The van der Waals surface area contributed by atoms with E-state index in [-0.39, 0.29) is 11.8 Å². The number of thiophene rings is 1. The van der Waals surface area contributed by atoms with Crippen LogP contribution in [0.2, 0.25) is 0 Å². The van der Waals surface area contributed by atoms with Gasteiger partial charge in [-0.25, -0.2) is 0 Å². The molecule has 17 heavy (non-hydrogen) atoms. The Bertz CT molecular complexity index is 388. The van der Waals surface area contributed by atoms with Crippen molar-refractivity contribution in [3.63, 3.8) is 0 Å². The van der Waals surface area contributed by atoms with Crippen LogP contribution in [0.25, 0.3) is 0 Å². The summed E-state index contributed by atoms with van der Waals surface area (Å²) in [6.45, 7) is 2.62. The van der Waals surface area contributed by atoms with E-state index in [1.165, 1.54) is 4.88 Å². The summed E-state index contributed by atoms with van der Waals surface area (Å²) in [4.78, 5) is 15.2. The first kappa shape index (κ1) is 13.1. The molecule has 2 heterocycles. The highest BCUT2D eigenvalue weighted by Crippen LogP contribution is 2.20. The maximum Gasteiger partial charge on any atom is 0.226 e. The minimum atomic E-state index is 0.190. The van der Waals surface area contributed by atoms with Crippen LogP contribution in [0.15, 0.2) is 15.9 Å². The molecule has 1 N–H and O–H groups in total. The highest BCUT2D eigenvalue weighted by molar-refractivity contribution is 9.10. The van der Waals surface area contributed by atoms with Gasteiger partial charge < -0.3 is 10.2 Å². The molecule has 1 atom stereocenters. The van der Waals surface area contributed by atoms with Gasteiger partial charge in [-0.2, -0.15) is 0 Å². The zero-order valence-corrected chi connectivity index (χ0v) is 12.3. The maximum atomic E-state index is 12.1. The van der Waals surface area contributed by atoms with Gasteiger partial charge >= 0.3 is 0 Å². The highest BCUT2D eigenvalue weighted by atomic mass is 79.9. The van der Waals surface area contributed by atoms with Crippen molar-refractivity contribution in [2.75, 3.05) is 26.7 Å². The van der Waals surface area contributed by atoms with Gasteiger partial charge in [0.1, 0.15) is 0 Å². The van der Waals surface area contributed by atoms with Crippen LogP contribution in [0.3, 0.4) is 0 Å². The smallest absolute Gasteiger partial charge is 0.226 e. The molecule has 0 spiro atoms. The fraction of sp³-hybridized carbons (Fsp3) is 0.583. The first-order chi connectivity index (χ1) is 8.16. The molecule has 0 saturated carbocycles. The largest absolute Gasteiger partial charge is 0.345 e. The minimum Gasteiger partial charge on any atom is -0.345 e. The number of nitrogens with zero attached hydrogens (tertiary/aromatic N) is 1. The summed E-state index contributed by atoms with van der Waals surface area (Å²) in [5.74, 6) is 0.473. The van der Waals surface area contributed by atoms with Crippen molar-refractivity contribution < 1.29 is 4.79 Å². The molecule has 1 unspecified atom stereocenters. The lowest BCUT2D eigenvalue weighted by Crippen LogP contribution is -2.35. The number of carbonyl (C=O) groups is 1. The average Bonchev–Trinajstić information content (AvgIpc) is 2.95. The van der Waals surface area contributed by atoms with E-state index in [9.17, 15) is 4.79 Å². The first-order valence-corrected chi connectivity index (χ1v) is 7.52. The van der Waals surface area contributed by atoms with E-state index in [2.05, 4.69) is 32.7 Å². The molecule has 1 amide bonds. The van der Waals surface area contributed by atoms with Crippen molar-refractivity contribution in [1.29, 1.82) is 0 Å². The normalized spacial score (nSPS) is 19.5. The topological polar surface area (TPSA) is 32.3 Å². The van der Waals surface area contributed by atoms with E-state index < -0.39 is 0 Å². The Labute approximate surface area is 114 Å². The third-order valence-electron chi connectivity index (χ3n) is 3.10. The quantitative estimate of drug-likeness (QED) is 0.923. The van der Waals surface area contributed by atoms with E-state index in [1.54, 1.807) is 11.3 Å². The van der Waals surface area contributed by atoms with Crippen molar-refractivity contribution in [3.05, 3.63) is 20.8 Å². The van der Waals surface area contributed by atoms with Gasteiger partial charge in [-0.05, 0) is 41.4 Å². The number of hydrogen-bond donors (Lipinski definition) is 1. The second kappa shape index (κ2) is 5.98. The van der Waals surface area contributed by atoms with Crippen LogP contribution < -0.4 is 5.32 Å². The summed E-state index contributed by atoms with van der Waals surface area (Å²) in [5.41, 5.74) is 0. The second-order valence-electron chi connectivity index (χ2n) is 4.43. The molecule has 1 saturated heterocycles. The van der Waals surface area contributed by atoms with Crippen molar-refractivity contribution >= 4 is 33.2 Å². The van der Waals surface area contributed by atoms with Gasteiger partial charge in [-0.1, -0.05) is 0 Å². The summed E-state index contributed by atoms with van der Waals surface area (Å²) < 4.78 is 1.13. The van der Waals surface area contributed by atoms with Gasteiger partial charge in [0.25, 0.3) is 0 Å². The van der Waals surface area contributed by atoms with Crippen LogP contribution in [0, 0.1) is 5.92 Å². The lowest BCUT2D eigenvalue weighted by atomic mass is 10.1. The number of rotatable bonds is 4. The van der Waals surface area contributed by atoms with E-state index in [1.807, 2.05) is 11.9 Å². The average molecular weight is 317 g/mol. The Balaban J connectivity index is 1.80. The molecule has 2 rings (SSSR count). The molecule has 0 aliphatic carbocycles. The van der Waals surface area contributed by atoms with Crippen molar-refractivity contribution in [1.82, 2.24) is 10.2 Å². The number of halogens is 1. The highest BCUT2D eigenvalue weighted by Gasteiger charge is 2.24. The molecule has 3 nitrogen and oxygen atoms in total. The number of nitrogens with one attached hydrogen (secondary N) is 1. The molecule has 0 bridgehead atoms. The summed E-state index contributed by atoms with van der Waals surface area (Å²) in [7, 11) is 1.91. The fourth-order valence-corrected chi connectivity index (χ4v) is 3.49. The summed E-state index contributed by atoms with van der Waals surface area (Å²) >= 11 is 5.18. The molecule has 1 fully saturated rings. The monoisotopic (exact) mass is 316 g/mol. The van der Waals surface area contributed by atoms with Gasteiger partial charge in [-0.3, -0.25) is 4.79 Å². The van der Waals surface area contributed by atoms with Crippen molar-refractivity contribution in [3.8, 4) is 0 Å². The fourth-order valence-electron chi connectivity index (χ4n) is 2.05. The Hall–Kier alpha value is -0.390. The zero-order valence-electron chi connectivity index (χ0n) is 9.91. The number of carbonyl (C=O) groups excluding carboxylic acids is 1. The van der Waals surface area contributed by atoms with E-state index in [0.717, 1.165) is 36.9 Å². The SMILES string of the molecule is CN(CCc1cc(Br)cs1)C(=O)C1CCNC1. The van der Waals surface area contributed by atoms with Crippen LogP contribution in [0.5, 0.6) is 0 Å². The lowest BCUT2D eigenvalue weighted by molar-refractivity contribution is -0.133. The summed E-state index contributed by atoms with van der Waals surface area (Å²) in [6.07, 6.45) is 1.92. The van der Waals surface area contributed by atoms with Crippen molar-refractivity contribution in [2.45, 2.75) is 12.8 Å². The summed E-state index contributed by atoms with van der Waals surface area (Å²) in [6, 6.07) is 2.13. The molecule has 1 aliphatic rings. The van der Waals surface area contributed by atoms with E-state index >= 15 is 0 Å². The van der Waals surface area contributed by atoms with Crippen LogP contribution in [0.1, 0.15) is 11.3 Å². The molecule has 1 aromatic rings. The first-order valence-electron chi connectivity index (χ1n) is 5.85. The molecular weight excluding hydrogens is 300 g/mol. The van der Waals surface area contributed by atoms with Gasteiger partial charge in [0, 0.05) is 34.9 Å². The van der Waals surface area contributed by atoms with Gasteiger partial charge in [0.15, 0.2) is 0 Å². The molecular formula is C12H17BrN2OS. The molecule has 94 valence electrons. The number of hydrogen-bond acceptors (Lipinski definition) is 3. The Morgan fingerprint density at radius 1 is 1.71 bits per heavy atom. The third-order valence-corrected chi connectivity index (χ3v) is 4.86. The number of likely N-dealkylation sites (N-methyl/N-ethyl adjacent to an activating group) is 1. The molecule has 1 aliphatic heterocycles. The third kappa shape index (κ3) is 3.53. The molecule has 1 aromatic heterocycles. The van der Waals surface area contributed by atoms with Crippen LogP contribution >= 0.6 is 27.3 Å². The maximum absolute atomic E-state index is 12.1. The van der Waals surface area contributed by atoms with Crippen LogP contribution in [-0.4, -0.2) is 37.5 Å². The van der Waals surface area contributed by atoms with Gasteiger partial charge in [0.05, 0.1) is 5.92 Å². The summed E-state index contributed by atoms with van der Waals surface area (Å²) in [5, 5.41) is 5.31. The number of amides is 1. The molecule has 0 radical (unpaired) electrons. The second-order valence-corrected chi connectivity index (χ2v) is 6.34. The Kier molecular flexibility index (Phi) is 4.59. The van der Waals surface area contributed by atoms with Gasteiger partial charge in [-0.15, -0.1) is 11.3 Å². The lowest BCUT2D eigenvalue weighted by Gasteiger charge is -2.20. The van der Waals surface area contributed by atoms with E-state index in [4.69, 9.17) is 0 Å². The predicted octanol–water partition coefficient (Wildman–Crippen LogP) is 2.12. The predicted molar refractivity (Wildman–Crippen MR) is 74.3 cm³/mol. The van der Waals surface area contributed by atoms with Crippen molar-refractivity contribution in [2.24, 2.45) is 5.92 Å². The Morgan fingerprint density at radius 2 is 2.53 bits per heavy atom. The molecule has 0 aromatic carbocycles. The Morgan fingerprint density at radius 3 is 3.12 bits per heavy atom. The van der Waals surface area contributed by atoms with Crippen LogP contribution in [0.4, 0.5) is 0 Å². The zero-order chi connectivity index (χ0) is 12.3. The van der Waals surface area contributed by atoms with E-state index in [0.29, 0.717) is 0 Å². The molecule has 5 heteroatoms.